The van der Waals surface area contributed by atoms with E-state index < -0.39 is 15.8 Å². The molecule has 1 aliphatic heterocycles. The zero-order chi connectivity index (χ0) is 26.6. The van der Waals surface area contributed by atoms with Gasteiger partial charge in [0.1, 0.15) is 27.2 Å². The zero-order valence-corrected chi connectivity index (χ0v) is 22.5. The summed E-state index contributed by atoms with van der Waals surface area (Å²) in [5.74, 6) is 0.867. The van der Waals surface area contributed by atoms with E-state index >= 15 is 4.39 Å². The minimum absolute atomic E-state index is 0.0878. The fourth-order valence-electron chi connectivity index (χ4n) is 4.80. The molecular weight excluding hydrogens is 493 g/mol. The Balaban J connectivity index is 1.63. The summed E-state index contributed by atoms with van der Waals surface area (Å²) in [6.45, 7) is 9.89. The highest BCUT2D eigenvalue weighted by molar-refractivity contribution is 7.90. The standard InChI is InChI=1S/C26H30FN7O2S/c1-14(2)18-7-8-21(30-16(4)15(3)13-37(6,35)36)20-12-29-23(11-19(18)20)33-22-9-10-28-26(31-22)34-25(27)24(33)17(5)32-34/h7-12,14-16,30H,13H2,1-6H3/t15-,16-/m1/s1. The molecule has 1 aromatic carbocycles. The number of sulfone groups is 1. The van der Waals surface area contributed by atoms with Crippen molar-refractivity contribution in [2.75, 3.05) is 22.2 Å². The van der Waals surface area contributed by atoms with Crippen molar-refractivity contribution in [3.63, 3.8) is 0 Å². The van der Waals surface area contributed by atoms with Gasteiger partial charge in [0, 0.05) is 35.8 Å². The Labute approximate surface area is 215 Å². The van der Waals surface area contributed by atoms with Crippen LogP contribution >= 0.6 is 0 Å². The first-order chi connectivity index (χ1) is 17.4. The monoisotopic (exact) mass is 523 g/mol. The highest BCUT2D eigenvalue weighted by atomic mass is 32.2. The summed E-state index contributed by atoms with van der Waals surface area (Å²) in [6, 6.07) is 7.66. The number of hydrogen-bond acceptors (Lipinski definition) is 8. The van der Waals surface area contributed by atoms with E-state index in [-0.39, 0.29) is 35.3 Å². The Morgan fingerprint density at radius 1 is 1.05 bits per heavy atom. The smallest absolute Gasteiger partial charge is 0.255 e. The van der Waals surface area contributed by atoms with Crippen molar-refractivity contribution in [1.29, 1.82) is 0 Å². The average molecular weight is 524 g/mol. The van der Waals surface area contributed by atoms with E-state index in [1.165, 1.54) is 6.26 Å². The molecule has 37 heavy (non-hydrogen) atoms. The van der Waals surface area contributed by atoms with Gasteiger partial charge in [0.05, 0.1) is 11.4 Å². The van der Waals surface area contributed by atoms with Gasteiger partial charge in [-0.2, -0.15) is 19.2 Å². The van der Waals surface area contributed by atoms with Crippen molar-refractivity contribution < 1.29 is 12.8 Å². The van der Waals surface area contributed by atoms with Gasteiger partial charge in [0.25, 0.3) is 5.95 Å². The molecule has 9 nitrogen and oxygen atoms in total. The topological polar surface area (TPSA) is 106 Å². The SMILES string of the molecule is Cc1nn2c(F)c1N(c1cc3c(C(C)C)ccc(N[C@H](C)[C@H](C)CS(C)(=O)=O)c3cn1)c1ccnc-2n1. The van der Waals surface area contributed by atoms with Crippen molar-refractivity contribution in [2.45, 2.75) is 46.6 Å². The molecule has 4 heterocycles. The molecule has 1 N–H and O–H groups in total. The van der Waals surface area contributed by atoms with Crippen LogP contribution < -0.4 is 10.2 Å². The van der Waals surface area contributed by atoms with Gasteiger partial charge in [0.15, 0.2) is 0 Å². The van der Waals surface area contributed by atoms with Crippen molar-refractivity contribution in [2.24, 2.45) is 5.92 Å². The molecule has 3 aromatic heterocycles. The molecule has 0 saturated heterocycles. The van der Waals surface area contributed by atoms with Gasteiger partial charge in [-0.05, 0) is 54.8 Å². The van der Waals surface area contributed by atoms with Crippen molar-refractivity contribution in [1.82, 2.24) is 24.7 Å². The van der Waals surface area contributed by atoms with E-state index in [0.717, 1.165) is 26.7 Å². The quantitative estimate of drug-likeness (QED) is 0.316. The molecule has 4 aromatic rings. The fourth-order valence-corrected chi connectivity index (χ4v) is 6.04. The van der Waals surface area contributed by atoms with E-state index in [9.17, 15) is 8.42 Å². The molecule has 194 valence electrons. The largest absolute Gasteiger partial charge is 0.382 e. The van der Waals surface area contributed by atoms with Crippen LogP contribution in [0.1, 0.15) is 44.9 Å². The highest BCUT2D eigenvalue weighted by Gasteiger charge is 2.31. The van der Waals surface area contributed by atoms with Crippen molar-refractivity contribution in [3.05, 3.63) is 53.9 Å². The summed E-state index contributed by atoms with van der Waals surface area (Å²) in [5.41, 5.74) is 2.77. The van der Waals surface area contributed by atoms with Gasteiger partial charge in [-0.15, -0.1) is 0 Å². The van der Waals surface area contributed by atoms with Crippen LogP contribution in [0.3, 0.4) is 0 Å². The third-order valence-corrected chi connectivity index (χ3v) is 7.95. The maximum Gasteiger partial charge on any atom is 0.255 e. The molecule has 0 fully saturated rings. The Bertz CT molecular complexity index is 1620. The number of pyridine rings is 1. The lowest BCUT2D eigenvalue weighted by atomic mass is 9.95. The second-order valence-electron chi connectivity index (χ2n) is 10.1. The first-order valence-electron chi connectivity index (χ1n) is 12.2. The summed E-state index contributed by atoms with van der Waals surface area (Å²) in [4.78, 5) is 15.1. The molecule has 0 amide bonds. The predicted molar refractivity (Wildman–Crippen MR) is 143 cm³/mol. The van der Waals surface area contributed by atoms with Crippen LogP contribution in [0.25, 0.3) is 16.7 Å². The molecule has 0 spiro atoms. The normalized spacial score (nSPS) is 14.6. The minimum Gasteiger partial charge on any atom is -0.382 e. The number of fused-ring (bicyclic) bond motifs is 6. The first kappa shape index (κ1) is 25.1. The third-order valence-electron chi connectivity index (χ3n) is 6.82. The molecule has 0 aliphatic carbocycles. The van der Waals surface area contributed by atoms with Crippen LogP contribution in [-0.2, 0) is 9.84 Å². The van der Waals surface area contributed by atoms with Gasteiger partial charge < -0.3 is 5.32 Å². The Morgan fingerprint density at radius 2 is 1.81 bits per heavy atom. The molecular formula is C26H30FN7O2S. The van der Waals surface area contributed by atoms with Gasteiger partial charge in [-0.25, -0.2) is 18.4 Å². The zero-order valence-electron chi connectivity index (χ0n) is 21.7. The van der Waals surface area contributed by atoms with Gasteiger partial charge in [-0.1, -0.05) is 26.8 Å². The molecule has 11 heteroatoms. The van der Waals surface area contributed by atoms with Crippen LogP contribution in [0, 0.1) is 18.8 Å². The summed E-state index contributed by atoms with van der Waals surface area (Å²) in [6.07, 6.45) is 4.61. The predicted octanol–water partition coefficient (Wildman–Crippen LogP) is 5.05. The second-order valence-corrected chi connectivity index (χ2v) is 12.3. The molecule has 2 atom stereocenters. The lowest BCUT2D eigenvalue weighted by Crippen LogP contribution is -2.29. The summed E-state index contributed by atoms with van der Waals surface area (Å²) in [7, 11) is -3.09. The Kier molecular flexibility index (Phi) is 6.13. The lowest BCUT2D eigenvalue weighted by Gasteiger charge is -2.25. The molecule has 4 bridgehead atoms. The van der Waals surface area contributed by atoms with Gasteiger partial charge >= 0.3 is 0 Å². The Hall–Kier alpha value is -3.60. The number of aromatic nitrogens is 5. The number of anilines is 4. The number of halogens is 1. The van der Waals surface area contributed by atoms with Gasteiger partial charge in [0.2, 0.25) is 5.95 Å². The second kappa shape index (κ2) is 9.05. The molecule has 5 rings (SSSR count). The highest BCUT2D eigenvalue weighted by Crippen LogP contribution is 2.41. The number of nitrogens with one attached hydrogen (secondary N) is 1. The number of hydrogen-bond donors (Lipinski definition) is 1. The van der Waals surface area contributed by atoms with Crippen LogP contribution in [0.5, 0.6) is 0 Å². The summed E-state index contributed by atoms with van der Waals surface area (Å²) >= 11 is 0. The summed E-state index contributed by atoms with van der Waals surface area (Å²) in [5, 5.41) is 9.66. The van der Waals surface area contributed by atoms with E-state index in [1.807, 2.05) is 26.0 Å². The van der Waals surface area contributed by atoms with E-state index in [0.29, 0.717) is 17.3 Å². The number of rotatable bonds is 7. The maximum absolute atomic E-state index is 15.4. The van der Waals surface area contributed by atoms with Crippen molar-refractivity contribution >= 4 is 43.6 Å². The van der Waals surface area contributed by atoms with E-state index in [1.54, 1.807) is 30.3 Å². The van der Waals surface area contributed by atoms with Crippen LogP contribution in [0.4, 0.5) is 27.4 Å². The van der Waals surface area contributed by atoms with Crippen LogP contribution in [-0.4, -0.2) is 51.2 Å². The lowest BCUT2D eigenvalue weighted by molar-refractivity contribution is 0.530. The minimum atomic E-state index is -3.09. The molecule has 0 saturated carbocycles. The molecule has 1 aliphatic rings. The van der Waals surface area contributed by atoms with Crippen molar-refractivity contribution in [3.8, 4) is 5.95 Å². The average Bonchev–Trinajstić information content (AvgIpc) is 3.08. The molecule has 0 radical (unpaired) electrons. The first-order valence-corrected chi connectivity index (χ1v) is 14.3. The molecule has 0 unspecified atom stereocenters. The fraction of sp³-hybridized carbons (Fsp3) is 0.385. The van der Waals surface area contributed by atoms with E-state index in [2.05, 4.69) is 40.3 Å². The number of aryl methyl sites for hydroxylation is 1. The summed E-state index contributed by atoms with van der Waals surface area (Å²) < 4.78 is 40.2. The maximum atomic E-state index is 15.4. The third kappa shape index (κ3) is 4.52. The number of nitrogens with zero attached hydrogens (tertiary/aromatic N) is 6. The van der Waals surface area contributed by atoms with Gasteiger partial charge in [-0.3, -0.25) is 4.90 Å². The Morgan fingerprint density at radius 3 is 2.51 bits per heavy atom. The van der Waals surface area contributed by atoms with Crippen LogP contribution in [0.15, 0.2) is 36.7 Å². The number of benzene rings is 1. The van der Waals surface area contributed by atoms with E-state index in [4.69, 9.17) is 4.98 Å². The van der Waals surface area contributed by atoms with Crippen LogP contribution in [0.2, 0.25) is 0 Å².